The maximum atomic E-state index is 12.1. The molecule has 0 bridgehead atoms. The Bertz CT molecular complexity index is 746. The summed E-state index contributed by atoms with van der Waals surface area (Å²) in [6.07, 6.45) is 3.46. The van der Waals surface area contributed by atoms with Crippen LogP contribution in [0, 0.1) is 0 Å². The van der Waals surface area contributed by atoms with Crippen molar-refractivity contribution in [3.8, 4) is 0 Å². The van der Waals surface area contributed by atoms with Crippen molar-refractivity contribution in [1.29, 1.82) is 0 Å². The lowest BCUT2D eigenvalue weighted by molar-refractivity contribution is 0.102. The number of nitrogens with zero attached hydrogens (tertiary/aromatic N) is 3. The number of fused-ring (bicyclic) bond motifs is 1. The van der Waals surface area contributed by atoms with E-state index in [1.165, 1.54) is 11.3 Å². The first kappa shape index (κ1) is 12.8. The molecule has 0 aliphatic carbocycles. The molecule has 0 unspecified atom stereocenters. The van der Waals surface area contributed by atoms with Crippen LogP contribution in [0.3, 0.4) is 0 Å². The predicted octanol–water partition coefficient (Wildman–Crippen LogP) is 3.33. The molecule has 2 aromatic heterocycles. The van der Waals surface area contributed by atoms with E-state index in [1.54, 1.807) is 18.6 Å². The van der Waals surface area contributed by atoms with Gasteiger partial charge in [-0.2, -0.15) is 0 Å². The van der Waals surface area contributed by atoms with Gasteiger partial charge >= 0.3 is 0 Å². The van der Waals surface area contributed by atoms with Crippen molar-refractivity contribution in [2.45, 2.75) is 19.9 Å². The number of benzene rings is 1. The van der Waals surface area contributed by atoms with Gasteiger partial charge in [0.25, 0.3) is 5.91 Å². The van der Waals surface area contributed by atoms with Gasteiger partial charge in [0.05, 0.1) is 17.4 Å². The van der Waals surface area contributed by atoms with E-state index < -0.39 is 0 Å². The van der Waals surface area contributed by atoms with Crippen molar-refractivity contribution in [1.82, 2.24) is 14.5 Å². The molecule has 0 fully saturated rings. The monoisotopic (exact) mass is 286 g/mol. The van der Waals surface area contributed by atoms with E-state index in [0.717, 1.165) is 11.0 Å². The maximum absolute atomic E-state index is 12.1. The summed E-state index contributed by atoms with van der Waals surface area (Å²) in [6.45, 7) is 4.20. The lowest BCUT2D eigenvalue weighted by atomic mass is 10.2. The van der Waals surface area contributed by atoms with Crippen molar-refractivity contribution in [3.05, 3.63) is 41.7 Å². The molecule has 0 spiro atoms. The van der Waals surface area contributed by atoms with Gasteiger partial charge in [0.15, 0.2) is 5.13 Å². The summed E-state index contributed by atoms with van der Waals surface area (Å²) < 4.78 is 2.08. The zero-order valence-electron chi connectivity index (χ0n) is 11.2. The number of amides is 1. The smallest absolute Gasteiger partial charge is 0.257 e. The van der Waals surface area contributed by atoms with E-state index in [-0.39, 0.29) is 5.91 Å². The minimum Gasteiger partial charge on any atom is -0.328 e. The van der Waals surface area contributed by atoms with Crippen LogP contribution in [0.1, 0.15) is 30.2 Å². The average molecular weight is 286 g/mol. The van der Waals surface area contributed by atoms with E-state index in [0.29, 0.717) is 16.7 Å². The molecule has 0 saturated heterocycles. The topological polar surface area (TPSA) is 59.8 Å². The lowest BCUT2D eigenvalue weighted by Gasteiger charge is -2.08. The molecule has 0 aliphatic rings. The second kappa shape index (κ2) is 5.05. The summed E-state index contributed by atoms with van der Waals surface area (Å²) in [5, 5.41) is 5.19. The first-order valence-electron chi connectivity index (χ1n) is 6.32. The number of hydrogen-bond acceptors (Lipinski definition) is 4. The summed E-state index contributed by atoms with van der Waals surface area (Å²) in [5.41, 5.74) is 2.44. The number of imidazole rings is 1. The van der Waals surface area contributed by atoms with Gasteiger partial charge in [-0.15, -0.1) is 11.3 Å². The molecule has 0 aliphatic heterocycles. The highest BCUT2D eigenvalue weighted by molar-refractivity contribution is 7.13. The number of nitrogens with one attached hydrogen (secondary N) is 1. The Morgan fingerprint density at radius 1 is 1.35 bits per heavy atom. The van der Waals surface area contributed by atoms with Crippen LogP contribution in [0.2, 0.25) is 0 Å². The van der Waals surface area contributed by atoms with E-state index in [4.69, 9.17) is 0 Å². The summed E-state index contributed by atoms with van der Waals surface area (Å²) in [6, 6.07) is 5.89. The Balaban J connectivity index is 1.91. The standard InChI is InChI=1S/C14H14N4OS/c1-9(2)18-8-16-11-7-10(3-4-12(11)18)13(19)17-14-15-5-6-20-14/h3-9H,1-2H3,(H,15,17,19). The van der Waals surface area contributed by atoms with Gasteiger partial charge in [-0.05, 0) is 32.0 Å². The minimum atomic E-state index is -0.166. The van der Waals surface area contributed by atoms with Crippen molar-refractivity contribution < 1.29 is 4.79 Å². The fourth-order valence-corrected chi connectivity index (χ4v) is 2.56. The van der Waals surface area contributed by atoms with Crippen molar-refractivity contribution in [3.63, 3.8) is 0 Å². The normalized spacial score (nSPS) is 11.2. The highest BCUT2D eigenvalue weighted by Crippen LogP contribution is 2.20. The van der Waals surface area contributed by atoms with Crippen LogP contribution >= 0.6 is 11.3 Å². The highest BCUT2D eigenvalue weighted by Gasteiger charge is 2.11. The molecule has 0 saturated carbocycles. The number of thiazole rings is 1. The van der Waals surface area contributed by atoms with Crippen LogP contribution in [-0.4, -0.2) is 20.4 Å². The molecule has 102 valence electrons. The largest absolute Gasteiger partial charge is 0.328 e. The van der Waals surface area contributed by atoms with Gasteiger partial charge < -0.3 is 4.57 Å². The lowest BCUT2D eigenvalue weighted by Crippen LogP contribution is -2.11. The molecule has 3 rings (SSSR count). The highest BCUT2D eigenvalue weighted by atomic mass is 32.1. The van der Waals surface area contributed by atoms with Crippen LogP contribution in [0.25, 0.3) is 11.0 Å². The maximum Gasteiger partial charge on any atom is 0.257 e. The molecular formula is C14H14N4OS. The Morgan fingerprint density at radius 3 is 2.90 bits per heavy atom. The van der Waals surface area contributed by atoms with E-state index in [1.807, 2.05) is 17.5 Å². The zero-order valence-corrected chi connectivity index (χ0v) is 12.0. The Kier molecular flexibility index (Phi) is 3.23. The minimum absolute atomic E-state index is 0.166. The van der Waals surface area contributed by atoms with Crippen molar-refractivity contribution in [2.24, 2.45) is 0 Å². The second-order valence-corrected chi connectivity index (χ2v) is 5.64. The Hall–Kier alpha value is -2.21. The molecule has 3 aromatic rings. The average Bonchev–Trinajstić information content (AvgIpc) is 3.06. The summed E-state index contributed by atoms with van der Waals surface area (Å²) in [5.74, 6) is -0.166. The first-order chi connectivity index (χ1) is 9.65. The third-order valence-corrected chi connectivity index (χ3v) is 3.73. The van der Waals surface area contributed by atoms with E-state index in [9.17, 15) is 4.79 Å². The molecular weight excluding hydrogens is 272 g/mol. The third-order valence-electron chi connectivity index (χ3n) is 3.05. The summed E-state index contributed by atoms with van der Waals surface area (Å²) in [7, 11) is 0. The van der Waals surface area contributed by atoms with Gasteiger partial charge in [-0.1, -0.05) is 0 Å². The van der Waals surface area contributed by atoms with E-state index >= 15 is 0 Å². The van der Waals surface area contributed by atoms with Crippen LogP contribution < -0.4 is 5.32 Å². The molecule has 2 heterocycles. The number of carbonyl (C=O) groups is 1. The van der Waals surface area contributed by atoms with Gasteiger partial charge in [0.2, 0.25) is 0 Å². The van der Waals surface area contributed by atoms with Crippen molar-refractivity contribution >= 4 is 33.4 Å². The summed E-state index contributed by atoms with van der Waals surface area (Å²) >= 11 is 1.39. The number of carbonyl (C=O) groups excluding carboxylic acids is 1. The third kappa shape index (κ3) is 2.30. The molecule has 1 aromatic carbocycles. The molecule has 1 amide bonds. The van der Waals surface area contributed by atoms with Crippen LogP contribution in [-0.2, 0) is 0 Å². The van der Waals surface area contributed by atoms with Gasteiger partial charge in [0.1, 0.15) is 0 Å². The van der Waals surface area contributed by atoms with Gasteiger partial charge in [-0.25, -0.2) is 9.97 Å². The SMILES string of the molecule is CC(C)n1cnc2cc(C(=O)Nc3nccs3)ccc21. The molecule has 0 radical (unpaired) electrons. The predicted molar refractivity (Wildman–Crippen MR) is 80.2 cm³/mol. The summed E-state index contributed by atoms with van der Waals surface area (Å²) in [4.78, 5) is 20.5. The fraction of sp³-hybridized carbons (Fsp3) is 0.214. The van der Waals surface area contributed by atoms with E-state index in [2.05, 4.69) is 33.7 Å². The molecule has 5 nitrogen and oxygen atoms in total. The number of hydrogen-bond donors (Lipinski definition) is 1. The van der Waals surface area contributed by atoms with Crippen LogP contribution in [0.5, 0.6) is 0 Å². The van der Waals surface area contributed by atoms with Crippen molar-refractivity contribution in [2.75, 3.05) is 5.32 Å². The fourth-order valence-electron chi connectivity index (χ4n) is 2.04. The second-order valence-electron chi connectivity index (χ2n) is 4.74. The van der Waals surface area contributed by atoms with Gasteiger partial charge in [-0.3, -0.25) is 10.1 Å². The number of aromatic nitrogens is 3. The molecule has 6 heteroatoms. The molecule has 1 N–H and O–H groups in total. The zero-order chi connectivity index (χ0) is 14.1. The van der Waals surface area contributed by atoms with Crippen LogP contribution in [0.4, 0.5) is 5.13 Å². The number of anilines is 1. The molecule has 0 atom stereocenters. The molecule has 20 heavy (non-hydrogen) atoms. The Labute approximate surface area is 120 Å². The first-order valence-corrected chi connectivity index (χ1v) is 7.20. The van der Waals surface area contributed by atoms with Crippen LogP contribution in [0.15, 0.2) is 36.1 Å². The van der Waals surface area contributed by atoms with Gasteiger partial charge in [0, 0.05) is 23.2 Å². The number of rotatable bonds is 3. The Morgan fingerprint density at radius 2 is 2.20 bits per heavy atom. The quantitative estimate of drug-likeness (QED) is 0.803.